The summed E-state index contributed by atoms with van der Waals surface area (Å²) >= 11 is 0. The maximum atomic E-state index is 15.8. The first-order valence-corrected chi connectivity index (χ1v) is 9.61. The van der Waals surface area contributed by atoms with E-state index in [1.54, 1.807) is 20.0 Å². The van der Waals surface area contributed by atoms with Crippen molar-refractivity contribution < 1.29 is 13.2 Å². The summed E-state index contributed by atoms with van der Waals surface area (Å²) in [5.74, 6) is -2.54. The zero-order valence-corrected chi connectivity index (χ0v) is 17.1. The number of H-pyrrole nitrogens is 1. The smallest absolute Gasteiger partial charge is 0.160 e. The van der Waals surface area contributed by atoms with Crippen LogP contribution in [0, 0.1) is 28.3 Å². The molecule has 4 N–H and O–H groups in total. The van der Waals surface area contributed by atoms with Crippen molar-refractivity contribution in [2.24, 2.45) is 0 Å². The summed E-state index contributed by atoms with van der Waals surface area (Å²) in [6, 6.07) is 3.58. The van der Waals surface area contributed by atoms with E-state index in [-0.39, 0.29) is 28.6 Å². The summed E-state index contributed by atoms with van der Waals surface area (Å²) in [6.45, 7) is 6.73. The lowest BCUT2D eigenvalue weighted by Gasteiger charge is -2.42. The third-order valence-corrected chi connectivity index (χ3v) is 5.50. The number of hydrogen-bond acceptors (Lipinski definition) is 3. The number of aryl methyl sites for hydroxylation is 1. The summed E-state index contributed by atoms with van der Waals surface area (Å²) in [5, 5.41) is 20.0. The van der Waals surface area contributed by atoms with Crippen LogP contribution in [0.3, 0.4) is 0 Å². The molecule has 1 aliphatic heterocycles. The number of aromatic amines is 1. The van der Waals surface area contributed by atoms with Gasteiger partial charge in [0.05, 0.1) is 22.3 Å². The Morgan fingerprint density at radius 1 is 1.17 bits per heavy atom. The van der Waals surface area contributed by atoms with Gasteiger partial charge in [-0.1, -0.05) is 6.92 Å². The van der Waals surface area contributed by atoms with Gasteiger partial charge in [-0.3, -0.25) is 15.7 Å². The average Bonchev–Trinajstić information content (AvgIpc) is 3.05. The molecule has 0 unspecified atom stereocenters. The van der Waals surface area contributed by atoms with Crippen LogP contribution in [-0.2, 0) is 6.42 Å². The molecule has 3 aromatic rings. The number of anilines is 2. The van der Waals surface area contributed by atoms with Crippen LogP contribution in [0.5, 0.6) is 0 Å². The molecule has 0 spiro atoms. The van der Waals surface area contributed by atoms with Gasteiger partial charge in [0.2, 0.25) is 0 Å². The molecule has 0 saturated heterocycles. The van der Waals surface area contributed by atoms with Gasteiger partial charge in [-0.05, 0) is 44.9 Å². The van der Waals surface area contributed by atoms with E-state index in [2.05, 4.69) is 10.3 Å². The summed E-state index contributed by atoms with van der Waals surface area (Å²) in [6.07, 6.45) is 2.34. The SMILES string of the molecule is CCc1c[nH]c2c(-c3c(F)cc4c(c3F)N(C(C)=N)C(=N)C(C)(C)N4)cc(F)cc12. The number of benzene rings is 2. The molecule has 156 valence electrons. The van der Waals surface area contributed by atoms with Crippen LogP contribution in [-0.4, -0.2) is 22.2 Å². The van der Waals surface area contributed by atoms with Gasteiger partial charge in [-0.15, -0.1) is 0 Å². The third kappa shape index (κ3) is 2.78. The van der Waals surface area contributed by atoms with Gasteiger partial charge >= 0.3 is 0 Å². The van der Waals surface area contributed by atoms with Gasteiger partial charge in [0.25, 0.3) is 0 Å². The zero-order valence-electron chi connectivity index (χ0n) is 17.1. The molecule has 1 aromatic heterocycles. The summed E-state index contributed by atoms with van der Waals surface area (Å²) in [4.78, 5) is 4.16. The molecule has 0 radical (unpaired) electrons. The lowest BCUT2D eigenvalue weighted by molar-refractivity contribution is 0.587. The number of amidine groups is 2. The van der Waals surface area contributed by atoms with Crippen LogP contribution < -0.4 is 10.2 Å². The quantitative estimate of drug-likeness (QED) is 0.316. The predicted octanol–water partition coefficient (Wildman–Crippen LogP) is 5.80. The topological polar surface area (TPSA) is 78.8 Å². The monoisotopic (exact) mass is 413 g/mol. The number of aromatic nitrogens is 1. The van der Waals surface area contributed by atoms with Crippen molar-refractivity contribution in [3.63, 3.8) is 0 Å². The summed E-state index contributed by atoms with van der Waals surface area (Å²) in [7, 11) is 0. The molecule has 0 fully saturated rings. The van der Waals surface area contributed by atoms with Gasteiger partial charge in [-0.2, -0.15) is 0 Å². The highest BCUT2D eigenvalue weighted by atomic mass is 19.1. The van der Waals surface area contributed by atoms with E-state index >= 15 is 8.78 Å². The van der Waals surface area contributed by atoms with Crippen molar-refractivity contribution >= 4 is 33.9 Å². The number of rotatable bonds is 2. The zero-order chi connectivity index (χ0) is 22.0. The van der Waals surface area contributed by atoms with Gasteiger partial charge < -0.3 is 10.3 Å². The van der Waals surface area contributed by atoms with Crippen molar-refractivity contribution in [1.82, 2.24) is 4.98 Å². The van der Waals surface area contributed by atoms with E-state index in [1.807, 2.05) is 6.92 Å². The van der Waals surface area contributed by atoms with Crippen LogP contribution in [0.15, 0.2) is 24.4 Å². The highest BCUT2D eigenvalue weighted by molar-refractivity contribution is 6.24. The number of hydrogen-bond donors (Lipinski definition) is 4. The average molecular weight is 413 g/mol. The summed E-state index contributed by atoms with van der Waals surface area (Å²) < 4.78 is 45.4. The second-order valence-electron chi connectivity index (χ2n) is 8.01. The number of halogens is 3. The lowest BCUT2D eigenvalue weighted by Crippen LogP contribution is -2.55. The van der Waals surface area contributed by atoms with Crippen LogP contribution in [0.1, 0.15) is 33.3 Å². The standard InChI is InChI=1S/C22H22F3N5/c1-5-11-9-28-19-13(11)6-12(23)7-14(19)17-15(24)8-16-20(18(17)25)30(10(2)26)21(27)22(3,4)29-16/h6-9,26-29H,5H2,1-4H3. The number of fused-ring (bicyclic) bond motifs is 2. The number of nitrogens with zero attached hydrogens (tertiary/aromatic N) is 1. The van der Waals surface area contributed by atoms with Gasteiger partial charge in [0.1, 0.15) is 29.0 Å². The predicted molar refractivity (Wildman–Crippen MR) is 114 cm³/mol. The first kappa shape index (κ1) is 20.0. The van der Waals surface area contributed by atoms with Crippen molar-refractivity contribution in [2.45, 2.75) is 39.7 Å². The second kappa shape index (κ2) is 6.62. The Morgan fingerprint density at radius 3 is 2.50 bits per heavy atom. The highest BCUT2D eigenvalue weighted by Gasteiger charge is 2.40. The molecule has 8 heteroatoms. The van der Waals surface area contributed by atoms with Gasteiger partial charge in [0.15, 0.2) is 5.82 Å². The Kier molecular flexibility index (Phi) is 4.41. The second-order valence-corrected chi connectivity index (χ2v) is 8.01. The third-order valence-electron chi connectivity index (χ3n) is 5.50. The molecule has 5 nitrogen and oxygen atoms in total. The molecule has 30 heavy (non-hydrogen) atoms. The van der Waals surface area contributed by atoms with E-state index < -0.39 is 28.6 Å². The maximum Gasteiger partial charge on any atom is 0.160 e. The minimum absolute atomic E-state index is 0.0449. The van der Waals surface area contributed by atoms with Crippen molar-refractivity contribution in [1.29, 1.82) is 10.8 Å². The molecular weight excluding hydrogens is 391 g/mol. The molecule has 0 amide bonds. The maximum absolute atomic E-state index is 15.8. The first-order valence-electron chi connectivity index (χ1n) is 9.61. The molecule has 0 bridgehead atoms. The van der Waals surface area contributed by atoms with Crippen molar-refractivity contribution in [3.8, 4) is 11.1 Å². The minimum Gasteiger partial charge on any atom is -0.371 e. The molecule has 0 atom stereocenters. The molecule has 0 aliphatic carbocycles. The fourth-order valence-corrected chi connectivity index (χ4v) is 4.03. The molecule has 0 saturated carbocycles. The molecular formula is C22H22F3N5. The Bertz CT molecular complexity index is 1230. The lowest BCUT2D eigenvalue weighted by atomic mass is 9.93. The Hall–Kier alpha value is -3.29. The van der Waals surface area contributed by atoms with Gasteiger partial charge in [-0.25, -0.2) is 13.2 Å². The van der Waals surface area contributed by atoms with E-state index in [0.717, 1.165) is 22.6 Å². The molecule has 4 rings (SSSR count). The first-order chi connectivity index (χ1) is 14.1. The fourth-order valence-electron chi connectivity index (χ4n) is 4.03. The number of nitrogens with one attached hydrogen (secondary N) is 4. The van der Waals surface area contributed by atoms with Crippen LogP contribution in [0.2, 0.25) is 0 Å². The fraction of sp³-hybridized carbons (Fsp3) is 0.273. The van der Waals surface area contributed by atoms with E-state index in [1.165, 1.54) is 13.0 Å². The molecule has 2 aromatic carbocycles. The van der Waals surface area contributed by atoms with E-state index in [4.69, 9.17) is 10.8 Å². The Balaban J connectivity index is 2.06. The molecule has 1 aliphatic rings. The summed E-state index contributed by atoms with van der Waals surface area (Å²) in [5.41, 5.74) is 0.00879. The van der Waals surface area contributed by atoms with Crippen molar-refractivity contribution in [2.75, 3.05) is 10.2 Å². The van der Waals surface area contributed by atoms with E-state index in [0.29, 0.717) is 17.3 Å². The van der Waals surface area contributed by atoms with Crippen LogP contribution in [0.4, 0.5) is 24.5 Å². The largest absolute Gasteiger partial charge is 0.371 e. The van der Waals surface area contributed by atoms with E-state index in [9.17, 15) is 4.39 Å². The highest BCUT2D eigenvalue weighted by Crippen LogP contribution is 2.44. The normalized spacial score (nSPS) is 15.3. The Morgan fingerprint density at radius 2 is 1.87 bits per heavy atom. The molecule has 2 heterocycles. The van der Waals surface area contributed by atoms with Crippen LogP contribution in [0.25, 0.3) is 22.0 Å². The van der Waals surface area contributed by atoms with Gasteiger partial charge in [0, 0.05) is 23.2 Å². The van der Waals surface area contributed by atoms with Crippen LogP contribution >= 0.6 is 0 Å². The van der Waals surface area contributed by atoms with Crippen molar-refractivity contribution in [3.05, 3.63) is 47.4 Å². The minimum atomic E-state index is -0.955. The Labute approximate surface area is 171 Å².